The number of hydrogen-bond donors (Lipinski definition) is 1. The molecule has 1 amide bonds. The zero-order valence-corrected chi connectivity index (χ0v) is 10.3. The van der Waals surface area contributed by atoms with Gasteiger partial charge in [-0.15, -0.1) is 0 Å². The number of rotatable bonds is 4. The van der Waals surface area contributed by atoms with Crippen LogP contribution in [-0.4, -0.2) is 46.4 Å². The summed E-state index contributed by atoms with van der Waals surface area (Å²) in [7, 11) is 1.28. The van der Waals surface area contributed by atoms with Gasteiger partial charge < -0.3 is 14.7 Å². The molecular formula is C11H13N3O5. The minimum Gasteiger partial charge on any atom is -0.480 e. The first-order valence-corrected chi connectivity index (χ1v) is 5.63. The summed E-state index contributed by atoms with van der Waals surface area (Å²) in [6, 6.07) is 0. The second-order valence-electron chi connectivity index (χ2n) is 4.22. The number of carbonyl (C=O) groups excluding carboxylic acids is 2. The van der Waals surface area contributed by atoms with Crippen molar-refractivity contribution in [3.63, 3.8) is 0 Å². The summed E-state index contributed by atoms with van der Waals surface area (Å²) < 4.78 is 5.83. The number of aromatic nitrogens is 2. The quantitative estimate of drug-likeness (QED) is 0.737. The van der Waals surface area contributed by atoms with Crippen LogP contribution in [0.15, 0.2) is 12.4 Å². The summed E-state index contributed by atoms with van der Waals surface area (Å²) in [5.74, 6) is -2.13. The Hall–Kier alpha value is -2.38. The SMILES string of the molecule is COC(=O)C1CC(=O)N(c2cnn(CC(=O)O)c2)C1. The van der Waals surface area contributed by atoms with Crippen LogP contribution in [0.1, 0.15) is 6.42 Å². The third-order valence-electron chi connectivity index (χ3n) is 2.89. The van der Waals surface area contributed by atoms with E-state index in [1.807, 2.05) is 0 Å². The van der Waals surface area contributed by atoms with Crippen LogP contribution in [0.4, 0.5) is 5.69 Å². The van der Waals surface area contributed by atoms with Gasteiger partial charge in [-0.05, 0) is 0 Å². The average Bonchev–Trinajstić information content (AvgIpc) is 2.94. The van der Waals surface area contributed by atoms with Crippen LogP contribution in [0.2, 0.25) is 0 Å². The molecule has 8 heteroatoms. The minimum absolute atomic E-state index is 0.0940. The van der Waals surface area contributed by atoms with Crippen molar-refractivity contribution in [2.45, 2.75) is 13.0 Å². The maximum atomic E-state index is 11.8. The second-order valence-corrected chi connectivity index (χ2v) is 4.22. The van der Waals surface area contributed by atoms with Crippen molar-refractivity contribution in [1.82, 2.24) is 9.78 Å². The Bertz CT molecular complexity index is 524. The van der Waals surface area contributed by atoms with Gasteiger partial charge in [0.1, 0.15) is 6.54 Å². The third kappa shape index (κ3) is 2.72. The van der Waals surface area contributed by atoms with Crippen molar-refractivity contribution >= 4 is 23.5 Å². The van der Waals surface area contributed by atoms with E-state index in [0.717, 1.165) is 0 Å². The standard InChI is InChI=1S/C11H13N3O5/c1-19-11(18)7-2-9(15)14(4-7)8-3-12-13(5-8)6-10(16)17/h3,5,7H,2,4,6H2,1H3,(H,16,17). The molecule has 0 radical (unpaired) electrons. The molecule has 1 aromatic heterocycles. The monoisotopic (exact) mass is 267 g/mol. The Morgan fingerprint density at radius 1 is 1.58 bits per heavy atom. The van der Waals surface area contributed by atoms with Gasteiger partial charge >= 0.3 is 11.9 Å². The number of ether oxygens (including phenoxy) is 1. The topological polar surface area (TPSA) is 102 Å². The highest BCUT2D eigenvalue weighted by atomic mass is 16.5. The maximum absolute atomic E-state index is 11.8. The number of amides is 1. The van der Waals surface area contributed by atoms with Crippen molar-refractivity contribution in [1.29, 1.82) is 0 Å². The van der Waals surface area contributed by atoms with Crippen LogP contribution in [0, 0.1) is 5.92 Å². The summed E-state index contributed by atoms with van der Waals surface area (Å²) in [6.45, 7) is -0.0489. The van der Waals surface area contributed by atoms with E-state index in [2.05, 4.69) is 9.84 Å². The Morgan fingerprint density at radius 2 is 2.32 bits per heavy atom. The van der Waals surface area contributed by atoms with Gasteiger partial charge in [0.25, 0.3) is 0 Å². The zero-order valence-electron chi connectivity index (χ0n) is 10.3. The zero-order chi connectivity index (χ0) is 14.0. The molecular weight excluding hydrogens is 254 g/mol. The van der Waals surface area contributed by atoms with Crippen LogP contribution in [-0.2, 0) is 25.7 Å². The number of carboxylic acids is 1. The Morgan fingerprint density at radius 3 is 2.95 bits per heavy atom. The predicted octanol–water partition coefficient (Wildman–Crippen LogP) is -0.506. The molecule has 0 aliphatic carbocycles. The Labute approximate surface area is 108 Å². The fourth-order valence-electron chi connectivity index (χ4n) is 2.00. The molecule has 102 valence electrons. The Balaban J connectivity index is 2.10. The predicted molar refractivity (Wildman–Crippen MR) is 62.3 cm³/mol. The van der Waals surface area contributed by atoms with Gasteiger partial charge in [-0.1, -0.05) is 0 Å². The van der Waals surface area contributed by atoms with Crippen LogP contribution >= 0.6 is 0 Å². The molecule has 0 bridgehead atoms. The van der Waals surface area contributed by atoms with Crippen molar-refractivity contribution in [3.8, 4) is 0 Å². The van der Waals surface area contributed by atoms with E-state index in [-0.39, 0.29) is 25.4 Å². The van der Waals surface area contributed by atoms with E-state index in [1.54, 1.807) is 0 Å². The normalized spacial score (nSPS) is 18.7. The number of anilines is 1. The third-order valence-corrected chi connectivity index (χ3v) is 2.89. The number of hydrogen-bond acceptors (Lipinski definition) is 5. The van der Waals surface area contributed by atoms with E-state index in [1.165, 1.54) is 29.1 Å². The largest absolute Gasteiger partial charge is 0.480 e. The van der Waals surface area contributed by atoms with E-state index >= 15 is 0 Å². The summed E-state index contributed by atoms with van der Waals surface area (Å²) in [4.78, 5) is 35.1. The first-order valence-electron chi connectivity index (χ1n) is 5.63. The van der Waals surface area contributed by atoms with E-state index < -0.39 is 17.9 Å². The van der Waals surface area contributed by atoms with Crippen molar-refractivity contribution in [2.24, 2.45) is 5.92 Å². The number of carbonyl (C=O) groups is 3. The van der Waals surface area contributed by atoms with Crippen molar-refractivity contribution in [2.75, 3.05) is 18.6 Å². The first-order chi connectivity index (χ1) is 9.01. The molecule has 0 spiro atoms. The molecule has 1 aliphatic rings. The fraction of sp³-hybridized carbons (Fsp3) is 0.455. The summed E-state index contributed by atoms with van der Waals surface area (Å²) in [5, 5.41) is 12.5. The molecule has 2 heterocycles. The van der Waals surface area contributed by atoms with Crippen LogP contribution in [0.3, 0.4) is 0 Å². The van der Waals surface area contributed by atoms with Crippen LogP contribution < -0.4 is 4.90 Å². The molecule has 0 aromatic carbocycles. The lowest BCUT2D eigenvalue weighted by atomic mass is 10.1. The summed E-state index contributed by atoms with van der Waals surface area (Å²) >= 11 is 0. The molecule has 1 fully saturated rings. The van der Waals surface area contributed by atoms with Crippen molar-refractivity contribution < 1.29 is 24.2 Å². The summed E-state index contributed by atoms with van der Waals surface area (Å²) in [5.41, 5.74) is 0.484. The lowest BCUT2D eigenvalue weighted by Gasteiger charge is -2.13. The summed E-state index contributed by atoms with van der Waals surface area (Å²) in [6.07, 6.45) is 2.96. The number of esters is 1. The molecule has 0 saturated carbocycles. The highest BCUT2D eigenvalue weighted by Gasteiger charge is 2.36. The number of nitrogens with zero attached hydrogens (tertiary/aromatic N) is 3. The van der Waals surface area contributed by atoms with Gasteiger partial charge in [0.05, 0.1) is 24.9 Å². The molecule has 1 aromatic rings. The minimum atomic E-state index is -1.02. The molecule has 1 atom stereocenters. The van der Waals surface area contributed by atoms with E-state index in [9.17, 15) is 14.4 Å². The van der Waals surface area contributed by atoms with Gasteiger partial charge in [0.2, 0.25) is 5.91 Å². The Kier molecular flexibility index (Phi) is 3.50. The van der Waals surface area contributed by atoms with Gasteiger partial charge in [-0.3, -0.25) is 19.1 Å². The molecule has 8 nitrogen and oxygen atoms in total. The van der Waals surface area contributed by atoms with Crippen LogP contribution in [0.5, 0.6) is 0 Å². The average molecular weight is 267 g/mol. The highest BCUT2D eigenvalue weighted by molar-refractivity contribution is 5.99. The highest BCUT2D eigenvalue weighted by Crippen LogP contribution is 2.25. The fourth-order valence-corrected chi connectivity index (χ4v) is 2.00. The van der Waals surface area contributed by atoms with Crippen LogP contribution in [0.25, 0.3) is 0 Å². The molecule has 1 N–H and O–H groups in total. The molecule has 1 saturated heterocycles. The second kappa shape index (κ2) is 5.09. The van der Waals surface area contributed by atoms with E-state index in [4.69, 9.17) is 5.11 Å². The van der Waals surface area contributed by atoms with E-state index in [0.29, 0.717) is 5.69 Å². The smallest absolute Gasteiger partial charge is 0.325 e. The molecule has 19 heavy (non-hydrogen) atoms. The maximum Gasteiger partial charge on any atom is 0.325 e. The lowest BCUT2D eigenvalue weighted by Crippen LogP contribution is -2.25. The lowest BCUT2D eigenvalue weighted by molar-refractivity contribution is -0.145. The first kappa shape index (κ1) is 13.1. The number of methoxy groups -OCH3 is 1. The molecule has 1 unspecified atom stereocenters. The van der Waals surface area contributed by atoms with Crippen molar-refractivity contribution in [3.05, 3.63) is 12.4 Å². The van der Waals surface area contributed by atoms with Gasteiger partial charge in [0, 0.05) is 19.2 Å². The number of aliphatic carboxylic acids is 1. The molecule has 2 rings (SSSR count). The molecule has 1 aliphatic heterocycles. The number of carboxylic acid groups (broad SMARTS) is 1. The van der Waals surface area contributed by atoms with Gasteiger partial charge in [-0.2, -0.15) is 5.10 Å². The van der Waals surface area contributed by atoms with Gasteiger partial charge in [0.15, 0.2) is 0 Å². The van der Waals surface area contributed by atoms with Gasteiger partial charge in [-0.25, -0.2) is 0 Å².